The second kappa shape index (κ2) is 5.17. The average Bonchev–Trinajstić information content (AvgIpc) is 2.93. The van der Waals surface area contributed by atoms with Crippen molar-refractivity contribution in [1.82, 2.24) is 4.90 Å². The zero-order chi connectivity index (χ0) is 17.5. The van der Waals surface area contributed by atoms with E-state index in [9.17, 15) is 5.11 Å². The molecule has 6 rings (SSSR count). The first kappa shape index (κ1) is 15.8. The molecule has 2 heterocycles. The van der Waals surface area contributed by atoms with Crippen LogP contribution in [0.4, 0.5) is 0 Å². The number of benzene rings is 1. The number of hydrogen-bond donors (Lipinski definition) is 1. The Balaban J connectivity index is 1.51. The van der Waals surface area contributed by atoms with Crippen LogP contribution in [-0.2, 0) is 11.8 Å². The molecule has 1 saturated heterocycles. The van der Waals surface area contributed by atoms with Crippen LogP contribution < -0.4 is 9.47 Å². The summed E-state index contributed by atoms with van der Waals surface area (Å²) in [6.07, 6.45) is 9.23. The molecule has 4 nitrogen and oxygen atoms in total. The molecular weight excluding hydrogens is 326 g/mol. The maximum absolute atomic E-state index is 12.2. The molecule has 0 radical (unpaired) electrons. The van der Waals surface area contributed by atoms with Gasteiger partial charge in [0.2, 0.25) is 0 Å². The zero-order valence-electron chi connectivity index (χ0n) is 15.7. The van der Waals surface area contributed by atoms with E-state index in [-0.39, 0.29) is 17.6 Å². The monoisotopic (exact) mass is 355 g/mol. The van der Waals surface area contributed by atoms with E-state index in [0.717, 1.165) is 56.1 Å². The van der Waals surface area contributed by atoms with E-state index in [2.05, 4.69) is 17.0 Å². The minimum absolute atomic E-state index is 0.111. The lowest BCUT2D eigenvalue weighted by atomic mass is 9.49. The molecule has 5 aliphatic rings. The van der Waals surface area contributed by atoms with Crippen molar-refractivity contribution in [3.8, 4) is 11.5 Å². The number of nitrogens with zero attached hydrogens (tertiary/aromatic N) is 1. The Morgan fingerprint density at radius 2 is 2.12 bits per heavy atom. The summed E-state index contributed by atoms with van der Waals surface area (Å²) in [6, 6.07) is 4.55. The number of methoxy groups -OCH3 is 1. The van der Waals surface area contributed by atoms with E-state index >= 15 is 0 Å². The van der Waals surface area contributed by atoms with Crippen molar-refractivity contribution in [2.45, 2.75) is 74.5 Å². The minimum atomic E-state index is -0.650. The van der Waals surface area contributed by atoms with Gasteiger partial charge >= 0.3 is 0 Å². The highest BCUT2D eigenvalue weighted by Crippen LogP contribution is 2.65. The zero-order valence-corrected chi connectivity index (χ0v) is 15.7. The van der Waals surface area contributed by atoms with Gasteiger partial charge in [-0.05, 0) is 69.0 Å². The van der Waals surface area contributed by atoms with E-state index in [1.54, 1.807) is 7.11 Å². The second-order valence-electron chi connectivity index (χ2n) is 9.29. The normalized spacial score (nSPS) is 40.5. The molecule has 4 atom stereocenters. The van der Waals surface area contributed by atoms with Crippen molar-refractivity contribution in [1.29, 1.82) is 0 Å². The van der Waals surface area contributed by atoms with E-state index in [1.807, 2.05) is 0 Å². The van der Waals surface area contributed by atoms with Crippen molar-refractivity contribution < 1.29 is 14.6 Å². The second-order valence-corrected chi connectivity index (χ2v) is 9.29. The Morgan fingerprint density at radius 1 is 1.23 bits per heavy atom. The first-order valence-electron chi connectivity index (χ1n) is 10.5. The SMILES string of the molecule is COc1ccc2c3c1O[C@H]1CCCC4(O)[C@@H](C2)N(CC2CCC2)CC[C@]314. The van der Waals surface area contributed by atoms with Gasteiger partial charge in [0.25, 0.3) is 0 Å². The van der Waals surface area contributed by atoms with Crippen molar-refractivity contribution in [3.63, 3.8) is 0 Å². The highest BCUT2D eigenvalue weighted by atomic mass is 16.5. The molecule has 1 unspecified atom stereocenters. The van der Waals surface area contributed by atoms with Crippen LogP contribution >= 0.6 is 0 Å². The topological polar surface area (TPSA) is 41.9 Å². The Morgan fingerprint density at radius 3 is 2.88 bits per heavy atom. The number of aliphatic hydroxyl groups is 1. The third kappa shape index (κ3) is 1.69. The van der Waals surface area contributed by atoms with Crippen molar-refractivity contribution in [3.05, 3.63) is 23.3 Å². The van der Waals surface area contributed by atoms with Crippen LogP contribution in [0.3, 0.4) is 0 Å². The molecule has 1 spiro atoms. The number of ether oxygens (including phenoxy) is 2. The average molecular weight is 355 g/mol. The molecule has 1 aromatic carbocycles. The molecule has 2 aliphatic heterocycles. The summed E-state index contributed by atoms with van der Waals surface area (Å²) in [5.41, 5.74) is 1.81. The standard InChI is InChI=1S/C22H29NO3/c1-25-16-8-7-15-12-17-22(24)9-3-6-18-21(22,19(15)20(16)26-18)10-11-23(17)13-14-4-2-5-14/h7-8,14,17-18,24H,2-6,9-13H2,1H3/t17-,18+,21-,22?/m1/s1. The highest BCUT2D eigenvalue weighted by Gasteiger charge is 2.71. The summed E-state index contributed by atoms with van der Waals surface area (Å²) in [4.78, 5) is 2.64. The summed E-state index contributed by atoms with van der Waals surface area (Å²) < 4.78 is 12.1. The first-order chi connectivity index (χ1) is 12.7. The third-order valence-electron chi connectivity index (χ3n) is 8.40. The van der Waals surface area contributed by atoms with Gasteiger partial charge in [0, 0.05) is 18.2 Å². The molecule has 2 bridgehead atoms. The Hall–Kier alpha value is -1.26. The van der Waals surface area contributed by atoms with E-state index in [4.69, 9.17) is 9.47 Å². The van der Waals surface area contributed by atoms with Crippen molar-refractivity contribution in [2.75, 3.05) is 20.2 Å². The lowest BCUT2D eigenvalue weighted by Crippen LogP contribution is -2.75. The first-order valence-corrected chi connectivity index (χ1v) is 10.5. The lowest BCUT2D eigenvalue weighted by Gasteiger charge is -2.63. The van der Waals surface area contributed by atoms with Gasteiger partial charge in [-0.1, -0.05) is 12.5 Å². The lowest BCUT2D eigenvalue weighted by molar-refractivity contribution is -0.187. The third-order valence-corrected chi connectivity index (χ3v) is 8.40. The molecule has 3 aliphatic carbocycles. The van der Waals surface area contributed by atoms with Gasteiger partial charge in [0.15, 0.2) is 11.5 Å². The van der Waals surface area contributed by atoms with Gasteiger partial charge in [-0.3, -0.25) is 4.90 Å². The van der Waals surface area contributed by atoms with Gasteiger partial charge in [0.1, 0.15) is 6.10 Å². The number of hydrogen-bond acceptors (Lipinski definition) is 4. The fourth-order valence-electron chi connectivity index (χ4n) is 7.00. The van der Waals surface area contributed by atoms with Gasteiger partial charge < -0.3 is 14.6 Å². The molecular formula is C22H29NO3. The van der Waals surface area contributed by atoms with Gasteiger partial charge in [-0.2, -0.15) is 0 Å². The molecule has 26 heavy (non-hydrogen) atoms. The van der Waals surface area contributed by atoms with Crippen LogP contribution in [0.15, 0.2) is 12.1 Å². The van der Waals surface area contributed by atoms with E-state index < -0.39 is 5.60 Å². The molecule has 0 aromatic heterocycles. The van der Waals surface area contributed by atoms with Gasteiger partial charge in [-0.25, -0.2) is 0 Å². The summed E-state index contributed by atoms with van der Waals surface area (Å²) in [7, 11) is 1.72. The molecule has 1 aromatic rings. The fraction of sp³-hybridized carbons (Fsp3) is 0.727. The Bertz CT molecular complexity index is 760. The van der Waals surface area contributed by atoms with Crippen molar-refractivity contribution in [2.24, 2.45) is 5.92 Å². The maximum atomic E-state index is 12.2. The summed E-state index contributed by atoms with van der Waals surface area (Å²) >= 11 is 0. The molecule has 0 amide bonds. The predicted molar refractivity (Wildman–Crippen MR) is 98.9 cm³/mol. The molecule has 2 saturated carbocycles. The Kier molecular flexibility index (Phi) is 3.13. The van der Waals surface area contributed by atoms with Crippen LogP contribution in [0.2, 0.25) is 0 Å². The van der Waals surface area contributed by atoms with Crippen LogP contribution in [0.25, 0.3) is 0 Å². The maximum Gasteiger partial charge on any atom is 0.165 e. The number of rotatable bonds is 3. The molecule has 1 N–H and O–H groups in total. The summed E-state index contributed by atoms with van der Waals surface area (Å²) in [6.45, 7) is 2.27. The van der Waals surface area contributed by atoms with Gasteiger partial charge in [0.05, 0.1) is 18.1 Å². The van der Waals surface area contributed by atoms with Crippen LogP contribution in [-0.4, -0.2) is 48.0 Å². The quantitative estimate of drug-likeness (QED) is 0.905. The van der Waals surface area contributed by atoms with Crippen LogP contribution in [0.1, 0.15) is 56.1 Å². The smallest absolute Gasteiger partial charge is 0.165 e. The molecule has 3 fully saturated rings. The summed E-state index contributed by atoms with van der Waals surface area (Å²) in [5.74, 6) is 2.62. The molecule has 140 valence electrons. The fourth-order valence-corrected chi connectivity index (χ4v) is 7.00. The molecule has 4 heteroatoms. The van der Waals surface area contributed by atoms with Crippen LogP contribution in [0.5, 0.6) is 11.5 Å². The minimum Gasteiger partial charge on any atom is -0.493 e. The van der Waals surface area contributed by atoms with E-state index in [1.165, 1.54) is 36.9 Å². The summed E-state index contributed by atoms with van der Waals surface area (Å²) in [5, 5.41) is 12.2. The van der Waals surface area contributed by atoms with Crippen molar-refractivity contribution >= 4 is 0 Å². The van der Waals surface area contributed by atoms with E-state index in [0.29, 0.717) is 0 Å². The van der Waals surface area contributed by atoms with Crippen LogP contribution in [0, 0.1) is 5.92 Å². The van der Waals surface area contributed by atoms with Gasteiger partial charge in [-0.15, -0.1) is 0 Å². The predicted octanol–water partition coefficient (Wildman–Crippen LogP) is 3.04. The number of piperidine rings is 1. The number of likely N-dealkylation sites (tertiary alicyclic amines) is 1. The largest absolute Gasteiger partial charge is 0.493 e. The highest BCUT2D eigenvalue weighted by molar-refractivity contribution is 5.62. The Labute approximate surface area is 155 Å².